The van der Waals surface area contributed by atoms with Gasteiger partial charge in [0, 0.05) is 53.8 Å². The topological polar surface area (TPSA) is 181 Å². The van der Waals surface area contributed by atoms with Crippen molar-refractivity contribution in [2.24, 2.45) is 0 Å². The van der Waals surface area contributed by atoms with Crippen molar-refractivity contribution >= 4 is 58.8 Å². The summed E-state index contributed by atoms with van der Waals surface area (Å²) in [5.74, 6) is 0.0184. The first kappa shape index (κ1) is 42.1. The lowest BCUT2D eigenvalue weighted by atomic mass is 9.77. The van der Waals surface area contributed by atoms with Crippen LogP contribution in [0.1, 0.15) is 84.1 Å². The molecule has 0 aliphatic carbocycles. The van der Waals surface area contributed by atoms with E-state index in [4.69, 9.17) is 8.97 Å². The van der Waals surface area contributed by atoms with Crippen molar-refractivity contribution in [2.45, 2.75) is 83.0 Å². The van der Waals surface area contributed by atoms with Gasteiger partial charge in [0.1, 0.15) is 0 Å². The van der Waals surface area contributed by atoms with Crippen LogP contribution in [0.2, 0.25) is 0 Å². The predicted octanol–water partition coefficient (Wildman–Crippen LogP) is 7.67. The Balaban J connectivity index is 1.72. The molecule has 3 aromatic rings. The van der Waals surface area contributed by atoms with Crippen molar-refractivity contribution < 1.29 is 43.3 Å². The third-order valence-electron chi connectivity index (χ3n) is 9.39. The predicted molar refractivity (Wildman–Crippen MR) is 211 cm³/mol. The first-order valence-electron chi connectivity index (χ1n) is 17.6. The van der Waals surface area contributed by atoms with Gasteiger partial charge in [-0.1, -0.05) is 37.6 Å². The molecule has 0 saturated carbocycles. The Bertz CT molecular complexity index is 2240. The Hall–Kier alpha value is -3.60. The minimum atomic E-state index is -4.47. The highest BCUT2D eigenvalue weighted by Gasteiger charge is 2.43. The standard InChI is InChI=1S/C38H50N2O10S3/c1-7-20-38(6)32-27-30(53(47,48)49)17-19-33(32)40(22-13-24-52(44,45)46)35(38)15-11-9-10-14-28-25-36(37(3,4)5)50-34-26-29(16-18-31(28)34)39(8-2)21-12-23-51(41,42)43/h9-11,14-19,25-27H,7-8,12-13,20-24H2,1-6H3,(H2-,41,42,43,44,45,46,47,48,49)/p+1/b11-9+,14-10+,35-15+. The number of hydrogen-bond donors (Lipinski definition) is 3. The van der Waals surface area contributed by atoms with E-state index in [1.165, 1.54) is 12.1 Å². The lowest BCUT2D eigenvalue weighted by Gasteiger charge is -2.30. The molecule has 1 unspecified atom stereocenters. The van der Waals surface area contributed by atoms with E-state index < -0.39 is 41.5 Å². The molecule has 0 bridgehead atoms. The van der Waals surface area contributed by atoms with Gasteiger partial charge >= 0.3 is 11.3 Å². The quantitative estimate of drug-likeness (QED) is 0.0733. The number of anilines is 2. The van der Waals surface area contributed by atoms with Crippen molar-refractivity contribution in [1.82, 2.24) is 0 Å². The lowest BCUT2D eigenvalue weighted by Crippen LogP contribution is -2.30. The van der Waals surface area contributed by atoms with Gasteiger partial charge < -0.3 is 9.80 Å². The zero-order chi connectivity index (χ0) is 39.4. The number of fused-ring (bicyclic) bond motifs is 2. The molecule has 1 atom stereocenters. The Morgan fingerprint density at radius 1 is 0.868 bits per heavy atom. The molecule has 1 aromatic heterocycles. The summed E-state index contributed by atoms with van der Waals surface area (Å²) in [6, 6.07) is 12.3. The first-order valence-corrected chi connectivity index (χ1v) is 22.2. The molecule has 0 saturated heterocycles. The molecule has 1 aliphatic heterocycles. The first-order chi connectivity index (χ1) is 24.6. The van der Waals surface area contributed by atoms with Gasteiger partial charge in [0.15, 0.2) is 0 Å². The van der Waals surface area contributed by atoms with Crippen LogP contribution in [0, 0.1) is 0 Å². The van der Waals surface area contributed by atoms with Crippen LogP contribution < -0.4 is 9.80 Å². The van der Waals surface area contributed by atoms with Gasteiger partial charge in [-0.05, 0) is 95.9 Å². The van der Waals surface area contributed by atoms with Crippen molar-refractivity contribution in [1.29, 1.82) is 0 Å². The maximum Gasteiger partial charge on any atom is 0.362 e. The van der Waals surface area contributed by atoms with Gasteiger partial charge in [-0.2, -0.15) is 25.3 Å². The monoisotopic (exact) mass is 791 g/mol. The summed E-state index contributed by atoms with van der Waals surface area (Å²) >= 11 is 0. The summed E-state index contributed by atoms with van der Waals surface area (Å²) in [5, 5.41) is 0.875. The summed E-state index contributed by atoms with van der Waals surface area (Å²) < 4.78 is 104. The van der Waals surface area contributed by atoms with Crippen LogP contribution in [-0.4, -0.2) is 70.1 Å². The molecule has 3 N–H and O–H groups in total. The molecule has 15 heteroatoms. The van der Waals surface area contributed by atoms with E-state index in [-0.39, 0.29) is 35.4 Å². The van der Waals surface area contributed by atoms with E-state index >= 15 is 0 Å². The zero-order valence-electron chi connectivity index (χ0n) is 31.1. The van der Waals surface area contributed by atoms with E-state index in [2.05, 4.69) is 20.8 Å². The molecule has 0 radical (unpaired) electrons. The zero-order valence-corrected chi connectivity index (χ0v) is 33.6. The van der Waals surface area contributed by atoms with Gasteiger partial charge in [0.25, 0.3) is 30.4 Å². The molecule has 0 amide bonds. The minimum Gasteiger partial charge on any atom is -0.371 e. The van der Waals surface area contributed by atoms with Crippen molar-refractivity contribution in [3.8, 4) is 0 Å². The van der Waals surface area contributed by atoms with Gasteiger partial charge in [-0.25, -0.2) is 4.42 Å². The Kier molecular flexibility index (Phi) is 13.1. The molecular formula is C38H51N2O10S3+. The summed E-state index contributed by atoms with van der Waals surface area (Å²) in [6.45, 7) is 13.5. The highest BCUT2D eigenvalue weighted by Crippen LogP contribution is 2.51. The summed E-state index contributed by atoms with van der Waals surface area (Å²) in [4.78, 5) is 3.75. The highest BCUT2D eigenvalue weighted by molar-refractivity contribution is 7.86. The van der Waals surface area contributed by atoms with Crippen LogP contribution in [0.5, 0.6) is 0 Å². The van der Waals surface area contributed by atoms with Crippen LogP contribution in [-0.2, 0) is 41.2 Å². The van der Waals surface area contributed by atoms with Crippen LogP contribution in [0.4, 0.5) is 11.4 Å². The van der Waals surface area contributed by atoms with E-state index in [0.717, 1.165) is 34.5 Å². The van der Waals surface area contributed by atoms with Gasteiger partial charge in [-0.3, -0.25) is 13.7 Å². The van der Waals surface area contributed by atoms with E-state index in [9.17, 15) is 34.4 Å². The van der Waals surface area contributed by atoms with Crippen LogP contribution in [0.15, 0.2) is 81.8 Å². The number of rotatable bonds is 16. The third-order valence-corrected chi connectivity index (χ3v) is 11.9. The minimum absolute atomic E-state index is 0.131. The summed E-state index contributed by atoms with van der Waals surface area (Å²) in [7, 11) is -12.7. The van der Waals surface area contributed by atoms with E-state index in [1.807, 2.05) is 85.2 Å². The Labute approximate surface area is 314 Å². The fraction of sp³-hybridized carbons (Fsp3) is 0.447. The van der Waals surface area contributed by atoms with Gasteiger partial charge in [0.05, 0.1) is 33.3 Å². The van der Waals surface area contributed by atoms with E-state index in [0.29, 0.717) is 36.3 Å². The van der Waals surface area contributed by atoms with Crippen LogP contribution >= 0.6 is 0 Å². The maximum atomic E-state index is 12.1. The molecule has 2 aromatic carbocycles. The van der Waals surface area contributed by atoms with E-state index in [1.54, 1.807) is 6.07 Å². The average Bonchev–Trinajstić information content (AvgIpc) is 3.26. The molecule has 12 nitrogen and oxygen atoms in total. The SMILES string of the molecule is CCCC1(C)\C(=C/C=C/C=C/c2cc(C(C)(C)C)[o+]c3cc(N(CC)CCCS(=O)(=O)O)ccc23)N(CCCS(=O)(=O)O)c2ccc(S(=O)(=O)O)cc21. The van der Waals surface area contributed by atoms with Crippen molar-refractivity contribution in [2.75, 3.05) is 40.9 Å². The molecular weight excluding hydrogens is 741 g/mol. The lowest BCUT2D eigenvalue weighted by molar-refractivity contribution is 0.422. The molecule has 290 valence electrons. The molecule has 4 rings (SSSR count). The number of allylic oxidation sites excluding steroid dienone is 5. The molecule has 1 aliphatic rings. The summed E-state index contributed by atoms with van der Waals surface area (Å²) in [5.41, 5.74) is 3.71. The fourth-order valence-corrected chi connectivity index (χ4v) is 8.28. The average molecular weight is 792 g/mol. The Morgan fingerprint density at radius 3 is 2.15 bits per heavy atom. The number of nitrogens with zero attached hydrogens (tertiary/aromatic N) is 2. The van der Waals surface area contributed by atoms with Gasteiger partial charge in [-0.15, -0.1) is 0 Å². The smallest absolute Gasteiger partial charge is 0.362 e. The second-order valence-electron chi connectivity index (χ2n) is 14.5. The normalized spacial score (nSPS) is 17.8. The highest BCUT2D eigenvalue weighted by atomic mass is 32.2. The second kappa shape index (κ2) is 16.4. The van der Waals surface area contributed by atoms with Crippen LogP contribution in [0.3, 0.4) is 0 Å². The second-order valence-corrected chi connectivity index (χ2v) is 19.1. The van der Waals surface area contributed by atoms with Crippen molar-refractivity contribution in [3.63, 3.8) is 0 Å². The molecule has 0 spiro atoms. The number of benzene rings is 2. The largest absolute Gasteiger partial charge is 0.371 e. The third kappa shape index (κ3) is 10.8. The fourth-order valence-electron chi connectivity index (χ4n) is 6.78. The maximum absolute atomic E-state index is 12.1. The van der Waals surface area contributed by atoms with Crippen molar-refractivity contribution in [3.05, 3.63) is 89.4 Å². The van der Waals surface area contributed by atoms with Gasteiger partial charge in [0.2, 0.25) is 0 Å². The molecule has 0 fully saturated rings. The molecule has 53 heavy (non-hydrogen) atoms. The Morgan fingerprint density at radius 2 is 1.55 bits per heavy atom. The summed E-state index contributed by atoms with van der Waals surface area (Å²) in [6.07, 6.45) is 11.4. The van der Waals surface area contributed by atoms with Crippen LogP contribution in [0.25, 0.3) is 17.0 Å². The number of hydrogen-bond acceptors (Lipinski definition) is 8. The molecule has 2 heterocycles.